The summed E-state index contributed by atoms with van der Waals surface area (Å²) in [6, 6.07) is 12.6. The predicted molar refractivity (Wildman–Crippen MR) is 85.2 cm³/mol. The van der Waals surface area contributed by atoms with E-state index in [0.29, 0.717) is 16.8 Å². The highest BCUT2D eigenvalue weighted by molar-refractivity contribution is 9.10. The highest BCUT2D eigenvalue weighted by Gasteiger charge is 2.12. The van der Waals surface area contributed by atoms with E-state index in [9.17, 15) is 4.79 Å². The van der Waals surface area contributed by atoms with Crippen LogP contribution in [0, 0.1) is 18.3 Å². The summed E-state index contributed by atoms with van der Waals surface area (Å²) in [5.74, 6) is -0.253. The minimum absolute atomic E-state index is 0.253. The van der Waals surface area contributed by atoms with Crippen molar-refractivity contribution >= 4 is 40.2 Å². The molecule has 0 radical (unpaired) electrons. The summed E-state index contributed by atoms with van der Waals surface area (Å²) in [4.78, 5) is 13.0. The lowest BCUT2D eigenvalue weighted by Crippen LogP contribution is -2.14. The average molecular weight is 347 g/mol. The molecule has 2 rings (SSSR count). The van der Waals surface area contributed by atoms with Crippen LogP contribution in [0.25, 0.3) is 0 Å². The molecule has 20 heavy (non-hydrogen) atoms. The Hall–Kier alpha value is -1.77. The Labute approximate surface area is 131 Å². The van der Waals surface area contributed by atoms with Crippen molar-refractivity contribution in [1.82, 2.24) is 0 Å². The maximum Gasteiger partial charge on any atom is 0.256 e. The fourth-order valence-electron chi connectivity index (χ4n) is 1.76. The van der Waals surface area contributed by atoms with Crippen LogP contribution in [0.5, 0.6) is 0 Å². The first-order valence-corrected chi connectivity index (χ1v) is 7.06. The van der Waals surface area contributed by atoms with Crippen LogP contribution in [0.4, 0.5) is 5.69 Å². The fraction of sp³-hybridized carbons (Fsp3) is 0.0667. The summed E-state index contributed by atoms with van der Waals surface area (Å²) in [5.41, 5.74) is 2.30. The van der Waals surface area contributed by atoms with Gasteiger partial charge in [0.15, 0.2) is 0 Å². The van der Waals surface area contributed by atoms with Crippen LogP contribution in [0.3, 0.4) is 0 Å². The third-order valence-corrected chi connectivity index (χ3v) is 3.59. The van der Waals surface area contributed by atoms with Gasteiger partial charge < -0.3 is 5.32 Å². The van der Waals surface area contributed by atoms with Crippen LogP contribution >= 0.6 is 28.6 Å². The Morgan fingerprint density at radius 1 is 1.30 bits per heavy atom. The highest BCUT2D eigenvalue weighted by atomic mass is 79.9. The number of benzene rings is 2. The zero-order valence-corrected chi connectivity index (χ0v) is 13.1. The Balaban J connectivity index is 2.33. The minimum atomic E-state index is -0.253. The number of amides is 1. The normalized spacial score (nSPS) is 9.90. The predicted octanol–water partition coefficient (Wildman–Crippen LogP) is 4.17. The molecule has 3 nitrogen and oxygen atoms in total. The third-order valence-electron chi connectivity index (χ3n) is 2.82. The van der Waals surface area contributed by atoms with Gasteiger partial charge in [-0.05, 0) is 42.8 Å². The molecule has 0 fully saturated rings. The van der Waals surface area contributed by atoms with Crippen LogP contribution in [-0.4, -0.2) is 5.91 Å². The van der Waals surface area contributed by atoms with E-state index < -0.39 is 0 Å². The van der Waals surface area contributed by atoms with Gasteiger partial charge in [0.25, 0.3) is 5.91 Å². The van der Waals surface area contributed by atoms with Gasteiger partial charge in [-0.1, -0.05) is 22.0 Å². The first-order chi connectivity index (χ1) is 9.51. The molecule has 0 aliphatic carbocycles. The Morgan fingerprint density at radius 3 is 2.75 bits per heavy atom. The van der Waals surface area contributed by atoms with E-state index in [2.05, 4.69) is 39.9 Å². The van der Waals surface area contributed by atoms with E-state index in [1.54, 1.807) is 24.3 Å². The van der Waals surface area contributed by atoms with E-state index in [-0.39, 0.29) is 5.91 Å². The van der Waals surface area contributed by atoms with E-state index >= 15 is 0 Å². The number of carbonyl (C=O) groups is 1. The van der Waals surface area contributed by atoms with Crippen molar-refractivity contribution < 1.29 is 4.79 Å². The van der Waals surface area contributed by atoms with Crippen molar-refractivity contribution in [2.45, 2.75) is 11.8 Å². The van der Waals surface area contributed by atoms with Gasteiger partial charge in [-0.3, -0.25) is 4.79 Å². The summed E-state index contributed by atoms with van der Waals surface area (Å²) in [6.45, 7) is 1.86. The van der Waals surface area contributed by atoms with E-state index in [1.165, 1.54) is 0 Å². The molecule has 0 saturated carbocycles. The van der Waals surface area contributed by atoms with Gasteiger partial charge in [0.1, 0.15) is 6.07 Å². The van der Waals surface area contributed by atoms with Gasteiger partial charge in [-0.2, -0.15) is 5.26 Å². The molecule has 0 aliphatic rings. The maximum atomic E-state index is 12.3. The van der Waals surface area contributed by atoms with Crippen molar-refractivity contribution in [2.75, 3.05) is 5.32 Å². The van der Waals surface area contributed by atoms with Crippen LogP contribution in [0.15, 0.2) is 45.8 Å². The molecular formula is C15H11BrN2OS. The van der Waals surface area contributed by atoms with Gasteiger partial charge in [0.05, 0.1) is 11.3 Å². The number of thiol groups is 1. The molecule has 5 heteroatoms. The Kier molecular flexibility index (Phi) is 4.48. The number of halogens is 1. The summed E-state index contributed by atoms with van der Waals surface area (Å²) in [5, 5.41) is 11.8. The molecule has 100 valence electrons. The van der Waals surface area contributed by atoms with Gasteiger partial charge in [-0.15, -0.1) is 12.6 Å². The highest BCUT2D eigenvalue weighted by Crippen LogP contribution is 2.22. The maximum absolute atomic E-state index is 12.3. The molecule has 0 spiro atoms. The minimum Gasteiger partial charge on any atom is -0.321 e. The standard InChI is InChI=1S/C15H11BrN2OS/c1-9-2-4-12(20)7-13(9)15(19)18-14-5-3-11(16)6-10(14)8-17/h2-7,20H,1H3,(H,18,19). The first kappa shape index (κ1) is 14.6. The number of nitrogens with one attached hydrogen (secondary N) is 1. The fourth-order valence-corrected chi connectivity index (χ4v) is 2.33. The number of hydrogen-bond donors (Lipinski definition) is 2. The Bertz CT molecular complexity index is 722. The van der Waals surface area contributed by atoms with Crippen molar-refractivity contribution in [3.63, 3.8) is 0 Å². The summed E-state index contributed by atoms with van der Waals surface area (Å²) < 4.78 is 0.792. The molecule has 0 heterocycles. The average Bonchev–Trinajstić information content (AvgIpc) is 2.43. The van der Waals surface area contributed by atoms with Crippen molar-refractivity contribution in [3.05, 3.63) is 57.6 Å². The van der Waals surface area contributed by atoms with Gasteiger partial charge in [-0.25, -0.2) is 0 Å². The summed E-state index contributed by atoms with van der Waals surface area (Å²) >= 11 is 7.53. The number of carbonyl (C=O) groups excluding carboxylic acids is 1. The lowest BCUT2D eigenvalue weighted by molar-refractivity contribution is 0.102. The monoisotopic (exact) mass is 346 g/mol. The molecule has 0 bridgehead atoms. The van der Waals surface area contributed by atoms with Crippen LogP contribution < -0.4 is 5.32 Å². The number of aryl methyl sites for hydroxylation is 1. The second-order valence-corrected chi connectivity index (χ2v) is 5.69. The molecule has 2 aromatic carbocycles. The van der Waals surface area contributed by atoms with Crippen molar-refractivity contribution in [3.8, 4) is 6.07 Å². The second kappa shape index (κ2) is 6.12. The SMILES string of the molecule is Cc1ccc(S)cc1C(=O)Nc1ccc(Br)cc1C#N. The number of hydrogen-bond acceptors (Lipinski definition) is 3. The van der Waals surface area contributed by atoms with E-state index in [0.717, 1.165) is 14.9 Å². The molecule has 0 aromatic heterocycles. The number of rotatable bonds is 2. The summed E-state index contributed by atoms with van der Waals surface area (Å²) in [6.07, 6.45) is 0. The number of nitriles is 1. The number of anilines is 1. The lowest BCUT2D eigenvalue weighted by Gasteiger charge is -2.10. The smallest absolute Gasteiger partial charge is 0.256 e. The Morgan fingerprint density at radius 2 is 2.05 bits per heavy atom. The zero-order valence-electron chi connectivity index (χ0n) is 10.6. The van der Waals surface area contributed by atoms with Crippen molar-refractivity contribution in [2.24, 2.45) is 0 Å². The first-order valence-electron chi connectivity index (χ1n) is 5.82. The molecule has 0 atom stereocenters. The van der Waals surface area contributed by atoms with Crippen molar-refractivity contribution in [1.29, 1.82) is 5.26 Å². The topological polar surface area (TPSA) is 52.9 Å². The van der Waals surface area contributed by atoms with Gasteiger partial charge in [0, 0.05) is 14.9 Å². The van der Waals surface area contributed by atoms with Gasteiger partial charge in [0.2, 0.25) is 0 Å². The molecule has 1 N–H and O–H groups in total. The lowest BCUT2D eigenvalue weighted by atomic mass is 10.1. The van der Waals surface area contributed by atoms with E-state index in [4.69, 9.17) is 5.26 Å². The zero-order chi connectivity index (χ0) is 14.7. The third kappa shape index (κ3) is 3.21. The molecular weight excluding hydrogens is 336 g/mol. The molecule has 2 aromatic rings. The van der Waals surface area contributed by atoms with Crippen LogP contribution in [0.1, 0.15) is 21.5 Å². The quantitative estimate of drug-likeness (QED) is 0.801. The number of nitrogens with zero attached hydrogens (tertiary/aromatic N) is 1. The largest absolute Gasteiger partial charge is 0.321 e. The van der Waals surface area contributed by atoms with Gasteiger partial charge >= 0.3 is 0 Å². The molecule has 0 unspecified atom stereocenters. The van der Waals surface area contributed by atoms with Crippen LogP contribution in [0.2, 0.25) is 0 Å². The summed E-state index contributed by atoms with van der Waals surface area (Å²) in [7, 11) is 0. The molecule has 0 aliphatic heterocycles. The molecule has 0 saturated heterocycles. The van der Waals surface area contributed by atoms with E-state index in [1.807, 2.05) is 19.1 Å². The van der Waals surface area contributed by atoms with Crippen LogP contribution in [-0.2, 0) is 0 Å². The molecule has 1 amide bonds. The second-order valence-electron chi connectivity index (χ2n) is 4.26.